The Morgan fingerprint density at radius 1 is 1.30 bits per heavy atom. The zero-order valence-corrected chi connectivity index (χ0v) is 13.5. The molecule has 0 bridgehead atoms. The Balaban J connectivity index is 1.77. The van der Waals surface area contributed by atoms with Crippen LogP contribution in [0, 0.1) is 5.92 Å². The van der Waals surface area contributed by atoms with Crippen molar-refractivity contribution in [3.63, 3.8) is 0 Å². The first-order valence-electron chi connectivity index (χ1n) is 8.00. The predicted octanol–water partition coefficient (Wildman–Crippen LogP) is 3.01. The fourth-order valence-electron chi connectivity index (χ4n) is 3.08. The monoisotopic (exact) mass is 314 g/mol. The molecule has 1 amide bonds. The van der Waals surface area contributed by atoms with Crippen LogP contribution in [0.4, 0.5) is 0 Å². The number of ether oxygens (including phenoxy) is 1. The normalized spacial score (nSPS) is 19.8. The van der Waals surface area contributed by atoms with Gasteiger partial charge in [0.2, 0.25) is 5.91 Å². The summed E-state index contributed by atoms with van der Waals surface area (Å²) in [4.78, 5) is 19.0. The predicted molar refractivity (Wildman–Crippen MR) is 85.8 cm³/mol. The summed E-state index contributed by atoms with van der Waals surface area (Å²) < 4.78 is 11.2. The smallest absolute Gasteiger partial charge is 0.230 e. The van der Waals surface area contributed by atoms with Gasteiger partial charge in [0.05, 0.1) is 25.3 Å². The zero-order chi connectivity index (χ0) is 16.2. The van der Waals surface area contributed by atoms with Gasteiger partial charge in [-0.3, -0.25) is 9.78 Å². The molecule has 0 aliphatic carbocycles. The van der Waals surface area contributed by atoms with Crippen LogP contribution in [0.15, 0.2) is 47.3 Å². The van der Waals surface area contributed by atoms with Gasteiger partial charge in [0, 0.05) is 18.9 Å². The SMILES string of the molecule is CC(C)[C@H](C(=O)N1CCO[C@H](c2ccco2)C1)c1ccncc1. The molecule has 1 saturated heterocycles. The summed E-state index contributed by atoms with van der Waals surface area (Å²) in [5.41, 5.74) is 1.01. The van der Waals surface area contributed by atoms with Crippen molar-refractivity contribution in [1.82, 2.24) is 9.88 Å². The molecule has 0 aromatic carbocycles. The minimum Gasteiger partial charge on any atom is -0.467 e. The van der Waals surface area contributed by atoms with Gasteiger partial charge in [-0.05, 0) is 35.7 Å². The molecule has 5 nitrogen and oxygen atoms in total. The quantitative estimate of drug-likeness (QED) is 0.870. The molecule has 0 saturated carbocycles. The Kier molecular flexibility index (Phi) is 4.76. The van der Waals surface area contributed by atoms with Crippen LogP contribution in [0.1, 0.15) is 37.2 Å². The van der Waals surface area contributed by atoms with Gasteiger partial charge in [-0.15, -0.1) is 0 Å². The van der Waals surface area contributed by atoms with E-state index in [2.05, 4.69) is 18.8 Å². The second-order valence-electron chi connectivity index (χ2n) is 6.16. The van der Waals surface area contributed by atoms with Crippen molar-refractivity contribution in [2.24, 2.45) is 5.92 Å². The third-order valence-corrected chi connectivity index (χ3v) is 4.24. The second kappa shape index (κ2) is 6.96. The molecule has 0 radical (unpaired) electrons. The van der Waals surface area contributed by atoms with Gasteiger partial charge in [0.15, 0.2) is 0 Å². The van der Waals surface area contributed by atoms with Crippen LogP contribution in [0.25, 0.3) is 0 Å². The highest BCUT2D eigenvalue weighted by molar-refractivity contribution is 5.84. The second-order valence-corrected chi connectivity index (χ2v) is 6.16. The fraction of sp³-hybridized carbons (Fsp3) is 0.444. The van der Waals surface area contributed by atoms with Crippen LogP contribution < -0.4 is 0 Å². The van der Waals surface area contributed by atoms with Crippen LogP contribution in [0.5, 0.6) is 0 Å². The van der Waals surface area contributed by atoms with Gasteiger partial charge >= 0.3 is 0 Å². The number of nitrogens with zero attached hydrogens (tertiary/aromatic N) is 2. The van der Waals surface area contributed by atoms with Crippen molar-refractivity contribution < 1.29 is 13.9 Å². The van der Waals surface area contributed by atoms with Crippen molar-refractivity contribution in [3.05, 3.63) is 54.2 Å². The summed E-state index contributed by atoms with van der Waals surface area (Å²) in [6.45, 7) is 5.82. The minimum atomic E-state index is -0.187. The van der Waals surface area contributed by atoms with E-state index in [1.807, 2.05) is 29.2 Å². The molecule has 0 spiro atoms. The van der Waals surface area contributed by atoms with Gasteiger partial charge in [0.1, 0.15) is 11.9 Å². The number of rotatable bonds is 4. The van der Waals surface area contributed by atoms with Crippen LogP contribution in [-0.2, 0) is 9.53 Å². The molecule has 122 valence electrons. The first-order valence-corrected chi connectivity index (χ1v) is 8.00. The van der Waals surface area contributed by atoms with Crippen LogP contribution in [-0.4, -0.2) is 35.5 Å². The van der Waals surface area contributed by atoms with Crippen molar-refractivity contribution in [1.29, 1.82) is 0 Å². The summed E-state index contributed by atoms with van der Waals surface area (Å²) in [6, 6.07) is 7.58. The molecule has 1 fully saturated rings. The molecule has 3 heterocycles. The average Bonchev–Trinajstić information content (AvgIpc) is 3.10. The molecule has 2 aromatic heterocycles. The van der Waals surface area contributed by atoms with E-state index in [4.69, 9.17) is 9.15 Å². The van der Waals surface area contributed by atoms with Crippen molar-refractivity contribution >= 4 is 5.91 Å². The zero-order valence-electron chi connectivity index (χ0n) is 13.5. The van der Waals surface area contributed by atoms with Crippen LogP contribution in [0.3, 0.4) is 0 Å². The number of morpholine rings is 1. The molecule has 0 N–H and O–H groups in total. The average molecular weight is 314 g/mol. The van der Waals surface area contributed by atoms with E-state index in [-0.39, 0.29) is 23.8 Å². The summed E-state index contributed by atoms with van der Waals surface area (Å²) >= 11 is 0. The molecule has 5 heteroatoms. The van der Waals surface area contributed by atoms with E-state index in [1.54, 1.807) is 18.7 Å². The topological polar surface area (TPSA) is 55.6 Å². The Labute approximate surface area is 136 Å². The van der Waals surface area contributed by atoms with E-state index in [9.17, 15) is 4.79 Å². The minimum absolute atomic E-state index is 0.144. The Morgan fingerprint density at radius 2 is 2.09 bits per heavy atom. The molecule has 2 aromatic rings. The lowest BCUT2D eigenvalue weighted by atomic mass is 9.87. The highest BCUT2D eigenvalue weighted by Crippen LogP contribution is 2.29. The Bertz CT molecular complexity index is 625. The summed E-state index contributed by atoms with van der Waals surface area (Å²) in [6.07, 6.45) is 4.92. The molecular formula is C18H22N2O3. The molecule has 23 heavy (non-hydrogen) atoms. The Hall–Kier alpha value is -2.14. The maximum absolute atomic E-state index is 13.1. The number of carbonyl (C=O) groups excluding carboxylic acids is 1. The first kappa shape index (κ1) is 15.7. The molecular weight excluding hydrogens is 292 g/mol. The lowest BCUT2D eigenvalue weighted by Crippen LogP contribution is -2.45. The number of hydrogen-bond acceptors (Lipinski definition) is 4. The highest BCUT2D eigenvalue weighted by Gasteiger charge is 2.33. The number of pyridine rings is 1. The van der Waals surface area contributed by atoms with Gasteiger partial charge in [-0.25, -0.2) is 0 Å². The van der Waals surface area contributed by atoms with E-state index < -0.39 is 0 Å². The number of amides is 1. The number of aromatic nitrogens is 1. The highest BCUT2D eigenvalue weighted by atomic mass is 16.5. The summed E-state index contributed by atoms with van der Waals surface area (Å²) in [7, 11) is 0. The Morgan fingerprint density at radius 3 is 2.74 bits per heavy atom. The van der Waals surface area contributed by atoms with Crippen molar-refractivity contribution in [2.75, 3.05) is 19.7 Å². The third-order valence-electron chi connectivity index (χ3n) is 4.24. The lowest BCUT2D eigenvalue weighted by Gasteiger charge is -2.35. The largest absolute Gasteiger partial charge is 0.467 e. The maximum atomic E-state index is 13.1. The molecule has 2 atom stereocenters. The third kappa shape index (κ3) is 3.45. The van der Waals surface area contributed by atoms with Crippen molar-refractivity contribution in [3.8, 4) is 0 Å². The van der Waals surface area contributed by atoms with Gasteiger partial charge in [-0.1, -0.05) is 13.8 Å². The standard InChI is InChI=1S/C18H22N2O3/c1-13(2)17(14-5-7-19-8-6-14)18(21)20-9-11-23-16(12-20)15-4-3-10-22-15/h3-8,10,13,16-17H,9,11-12H2,1-2H3/t16-,17-/m0/s1. The molecule has 1 aliphatic heterocycles. The summed E-state index contributed by atoms with van der Waals surface area (Å²) in [5.74, 6) is 0.974. The first-order chi connectivity index (χ1) is 11.2. The van der Waals surface area contributed by atoms with E-state index in [1.165, 1.54) is 0 Å². The van der Waals surface area contributed by atoms with Gasteiger partial charge < -0.3 is 14.1 Å². The van der Waals surface area contributed by atoms with Crippen LogP contribution >= 0.6 is 0 Å². The molecule has 3 rings (SSSR count). The van der Waals surface area contributed by atoms with E-state index in [0.29, 0.717) is 19.7 Å². The number of furan rings is 1. The molecule has 0 unspecified atom stereocenters. The van der Waals surface area contributed by atoms with E-state index >= 15 is 0 Å². The van der Waals surface area contributed by atoms with Crippen LogP contribution in [0.2, 0.25) is 0 Å². The van der Waals surface area contributed by atoms with Gasteiger partial charge in [-0.2, -0.15) is 0 Å². The summed E-state index contributed by atoms with van der Waals surface area (Å²) in [5, 5.41) is 0. The number of hydrogen-bond donors (Lipinski definition) is 0. The fourth-order valence-corrected chi connectivity index (χ4v) is 3.08. The van der Waals surface area contributed by atoms with Gasteiger partial charge in [0.25, 0.3) is 0 Å². The lowest BCUT2D eigenvalue weighted by molar-refractivity contribution is -0.142. The maximum Gasteiger partial charge on any atom is 0.230 e. The van der Waals surface area contributed by atoms with Crippen molar-refractivity contribution in [2.45, 2.75) is 25.9 Å². The van der Waals surface area contributed by atoms with E-state index in [0.717, 1.165) is 11.3 Å². The number of carbonyl (C=O) groups is 1. The molecule has 1 aliphatic rings.